The Morgan fingerprint density at radius 2 is 1.66 bits per heavy atom. The molecule has 3 aromatic carbocycles. The molecule has 0 unspecified atom stereocenters. The van der Waals surface area contributed by atoms with Gasteiger partial charge >= 0.3 is 0 Å². The molecule has 0 aromatic heterocycles. The standard InChI is InChI=1S/C27H30N2O3/c1-4-29(22-12-6-5-7-13-22)27(31)24-15-8-9-16-25(24)28-26(30)21-11-10-14-23(19-21)32-18-17-20(2)3/h5-16,19-20H,4,17-18H2,1-3H3,(H,28,30). The summed E-state index contributed by atoms with van der Waals surface area (Å²) in [6.07, 6.45) is 0.946. The molecule has 0 aliphatic carbocycles. The Kier molecular flexibility index (Phi) is 8.03. The fourth-order valence-electron chi connectivity index (χ4n) is 3.31. The third kappa shape index (κ3) is 5.97. The van der Waals surface area contributed by atoms with Gasteiger partial charge in [0.1, 0.15) is 5.75 Å². The van der Waals surface area contributed by atoms with Crippen molar-refractivity contribution in [3.8, 4) is 5.75 Å². The van der Waals surface area contributed by atoms with Crippen LogP contribution in [0.4, 0.5) is 11.4 Å². The van der Waals surface area contributed by atoms with E-state index in [0.717, 1.165) is 12.1 Å². The van der Waals surface area contributed by atoms with Crippen LogP contribution in [0.1, 0.15) is 47.9 Å². The minimum Gasteiger partial charge on any atom is -0.494 e. The highest BCUT2D eigenvalue weighted by Crippen LogP contribution is 2.23. The van der Waals surface area contributed by atoms with Crippen LogP contribution in [0.5, 0.6) is 5.75 Å². The number of benzene rings is 3. The number of nitrogens with zero attached hydrogens (tertiary/aromatic N) is 1. The minimum absolute atomic E-state index is 0.166. The van der Waals surface area contributed by atoms with Crippen molar-refractivity contribution >= 4 is 23.2 Å². The SMILES string of the molecule is CCN(C(=O)c1ccccc1NC(=O)c1cccc(OCCC(C)C)c1)c1ccccc1. The molecular formula is C27H30N2O3. The summed E-state index contributed by atoms with van der Waals surface area (Å²) in [5, 5.41) is 2.90. The molecule has 0 heterocycles. The van der Waals surface area contributed by atoms with E-state index in [9.17, 15) is 9.59 Å². The van der Waals surface area contributed by atoms with Gasteiger partial charge in [-0.15, -0.1) is 0 Å². The average molecular weight is 431 g/mol. The first-order valence-corrected chi connectivity index (χ1v) is 11.0. The van der Waals surface area contributed by atoms with E-state index in [4.69, 9.17) is 4.74 Å². The quantitative estimate of drug-likeness (QED) is 0.451. The van der Waals surface area contributed by atoms with Crippen molar-refractivity contribution in [1.29, 1.82) is 0 Å². The molecule has 5 heteroatoms. The number of para-hydroxylation sites is 2. The first-order chi connectivity index (χ1) is 15.5. The van der Waals surface area contributed by atoms with E-state index in [1.54, 1.807) is 47.4 Å². The first kappa shape index (κ1) is 23.1. The van der Waals surface area contributed by atoms with Crippen molar-refractivity contribution in [2.75, 3.05) is 23.4 Å². The lowest BCUT2D eigenvalue weighted by molar-refractivity contribution is 0.0989. The lowest BCUT2D eigenvalue weighted by Gasteiger charge is -2.22. The van der Waals surface area contributed by atoms with Crippen LogP contribution in [0, 0.1) is 5.92 Å². The molecule has 0 aliphatic heterocycles. The smallest absolute Gasteiger partial charge is 0.260 e. The Bertz CT molecular complexity index is 1050. The number of ether oxygens (including phenoxy) is 1. The Labute approximate surface area is 190 Å². The summed E-state index contributed by atoms with van der Waals surface area (Å²) in [5.74, 6) is 0.751. The van der Waals surface area contributed by atoms with E-state index in [1.165, 1.54) is 0 Å². The summed E-state index contributed by atoms with van der Waals surface area (Å²) in [5.41, 5.74) is 2.20. The molecule has 0 saturated carbocycles. The van der Waals surface area contributed by atoms with Crippen LogP contribution in [-0.2, 0) is 0 Å². The summed E-state index contributed by atoms with van der Waals surface area (Å²) in [6, 6.07) is 23.7. The molecule has 1 N–H and O–H groups in total. The van der Waals surface area contributed by atoms with Crippen molar-refractivity contribution in [3.63, 3.8) is 0 Å². The van der Waals surface area contributed by atoms with E-state index < -0.39 is 0 Å². The van der Waals surface area contributed by atoms with Gasteiger partial charge in [-0.1, -0.05) is 50.2 Å². The number of carbonyl (C=O) groups excluding carboxylic acids is 2. The number of nitrogens with one attached hydrogen (secondary N) is 1. The Balaban J connectivity index is 1.78. The van der Waals surface area contributed by atoms with E-state index >= 15 is 0 Å². The second-order valence-electron chi connectivity index (χ2n) is 7.94. The molecule has 0 fully saturated rings. The highest BCUT2D eigenvalue weighted by molar-refractivity contribution is 6.13. The van der Waals surface area contributed by atoms with Crippen LogP contribution in [-0.4, -0.2) is 25.0 Å². The molecule has 0 spiro atoms. The highest BCUT2D eigenvalue weighted by atomic mass is 16.5. The minimum atomic E-state index is -0.290. The normalized spacial score (nSPS) is 10.6. The molecule has 3 aromatic rings. The zero-order valence-electron chi connectivity index (χ0n) is 18.9. The van der Waals surface area contributed by atoms with Crippen LogP contribution < -0.4 is 15.0 Å². The summed E-state index contributed by atoms with van der Waals surface area (Å²) in [4.78, 5) is 27.9. The molecule has 0 aliphatic rings. The van der Waals surface area contributed by atoms with Gasteiger partial charge in [-0.2, -0.15) is 0 Å². The third-order valence-electron chi connectivity index (χ3n) is 5.10. The second-order valence-corrected chi connectivity index (χ2v) is 7.94. The summed E-state index contributed by atoms with van der Waals surface area (Å²) in [7, 11) is 0. The third-order valence-corrected chi connectivity index (χ3v) is 5.10. The van der Waals surface area contributed by atoms with Crippen molar-refractivity contribution < 1.29 is 14.3 Å². The van der Waals surface area contributed by atoms with Gasteiger partial charge in [0.25, 0.3) is 11.8 Å². The zero-order chi connectivity index (χ0) is 22.9. The lowest BCUT2D eigenvalue weighted by Crippen LogP contribution is -2.31. The number of carbonyl (C=O) groups is 2. The number of hydrogen-bond acceptors (Lipinski definition) is 3. The van der Waals surface area contributed by atoms with Gasteiger partial charge in [0, 0.05) is 17.8 Å². The van der Waals surface area contributed by atoms with Gasteiger partial charge < -0.3 is 15.0 Å². The maximum Gasteiger partial charge on any atom is 0.260 e. The van der Waals surface area contributed by atoms with E-state index in [2.05, 4.69) is 19.2 Å². The van der Waals surface area contributed by atoms with Crippen molar-refractivity contribution in [3.05, 3.63) is 90.0 Å². The van der Waals surface area contributed by atoms with Crippen molar-refractivity contribution in [1.82, 2.24) is 0 Å². The molecule has 0 saturated heterocycles. The second kappa shape index (κ2) is 11.1. The van der Waals surface area contributed by atoms with Gasteiger partial charge in [0.2, 0.25) is 0 Å². The van der Waals surface area contributed by atoms with Crippen molar-refractivity contribution in [2.24, 2.45) is 5.92 Å². The molecule has 2 amide bonds. The highest BCUT2D eigenvalue weighted by Gasteiger charge is 2.20. The summed E-state index contributed by atoms with van der Waals surface area (Å²) < 4.78 is 5.77. The van der Waals surface area contributed by atoms with E-state index in [0.29, 0.717) is 41.6 Å². The van der Waals surface area contributed by atoms with Gasteiger partial charge in [-0.3, -0.25) is 9.59 Å². The fourth-order valence-corrected chi connectivity index (χ4v) is 3.31. The molecule has 166 valence electrons. The molecule has 0 atom stereocenters. The van der Waals surface area contributed by atoms with Crippen LogP contribution in [0.25, 0.3) is 0 Å². The van der Waals surface area contributed by atoms with E-state index in [1.807, 2.05) is 43.3 Å². The molecule has 5 nitrogen and oxygen atoms in total. The predicted molar refractivity (Wildman–Crippen MR) is 130 cm³/mol. The summed E-state index contributed by atoms with van der Waals surface area (Å²) >= 11 is 0. The number of hydrogen-bond donors (Lipinski definition) is 1. The van der Waals surface area contributed by atoms with Crippen LogP contribution in [0.3, 0.4) is 0 Å². The fraction of sp³-hybridized carbons (Fsp3) is 0.259. The molecule has 0 bridgehead atoms. The van der Waals surface area contributed by atoms with Crippen molar-refractivity contribution in [2.45, 2.75) is 27.2 Å². The number of amides is 2. The number of anilines is 2. The van der Waals surface area contributed by atoms with E-state index in [-0.39, 0.29) is 11.8 Å². The van der Waals surface area contributed by atoms with Gasteiger partial charge in [-0.05, 0) is 61.7 Å². The summed E-state index contributed by atoms with van der Waals surface area (Å²) in [6.45, 7) is 7.33. The Morgan fingerprint density at radius 1 is 0.938 bits per heavy atom. The maximum absolute atomic E-state index is 13.3. The Morgan fingerprint density at radius 3 is 2.38 bits per heavy atom. The van der Waals surface area contributed by atoms with Crippen LogP contribution in [0.15, 0.2) is 78.9 Å². The largest absolute Gasteiger partial charge is 0.494 e. The van der Waals surface area contributed by atoms with Gasteiger partial charge in [-0.25, -0.2) is 0 Å². The lowest BCUT2D eigenvalue weighted by atomic mass is 10.1. The van der Waals surface area contributed by atoms with Crippen LogP contribution >= 0.6 is 0 Å². The zero-order valence-corrected chi connectivity index (χ0v) is 18.9. The predicted octanol–water partition coefficient (Wildman–Crippen LogP) is 6.03. The van der Waals surface area contributed by atoms with Crippen LogP contribution in [0.2, 0.25) is 0 Å². The maximum atomic E-state index is 13.3. The molecule has 3 rings (SSSR count). The first-order valence-electron chi connectivity index (χ1n) is 11.0. The molecule has 32 heavy (non-hydrogen) atoms. The van der Waals surface area contributed by atoms with Gasteiger partial charge in [0.15, 0.2) is 0 Å². The monoisotopic (exact) mass is 430 g/mol. The Hall–Kier alpha value is -3.60. The van der Waals surface area contributed by atoms with Gasteiger partial charge in [0.05, 0.1) is 17.9 Å². The average Bonchev–Trinajstić information content (AvgIpc) is 2.80. The topological polar surface area (TPSA) is 58.6 Å². The molecule has 0 radical (unpaired) electrons. The molecular weight excluding hydrogens is 400 g/mol. The number of rotatable bonds is 9.